The number of rotatable bonds is 6. The zero-order valence-electron chi connectivity index (χ0n) is 11.5. The first kappa shape index (κ1) is 16.7. The van der Waals surface area contributed by atoms with Crippen LogP contribution in [-0.4, -0.2) is 36.5 Å². The maximum Gasteiger partial charge on any atom is 0.252 e. The highest BCUT2D eigenvalue weighted by atomic mass is 127. The van der Waals surface area contributed by atoms with Crippen LogP contribution in [0.1, 0.15) is 31.1 Å². The summed E-state index contributed by atoms with van der Waals surface area (Å²) in [5.41, 5.74) is 0.678. The van der Waals surface area contributed by atoms with Crippen molar-refractivity contribution in [2.24, 2.45) is 0 Å². The van der Waals surface area contributed by atoms with E-state index in [0.717, 1.165) is 16.7 Å². The Kier molecular flexibility index (Phi) is 7.10. The number of nitrogens with one attached hydrogen (secondary N) is 1. The van der Waals surface area contributed by atoms with Crippen LogP contribution in [-0.2, 0) is 0 Å². The fourth-order valence-corrected chi connectivity index (χ4v) is 3.10. The number of halogens is 2. The number of carbonyl (C=O) groups excluding carboxylic acids is 1. The van der Waals surface area contributed by atoms with Gasteiger partial charge in [0.25, 0.3) is 5.91 Å². The fourth-order valence-electron chi connectivity index (χ4n) is 1.99. The average Bonchev–Trinajstić information content (AvgIpc) is 2.37. The Morgan fingerprint density at radius 1 is 1.42 bits per heavy atom. The van der Waals surface area contributed by atoms with E-state index in [2.05, 4.69) is 53.6 Å². The van der Waals surface area contributed by atoms with E-state index in [1.54, 1.807) is 18.2 Å². The molecule has 0 saturated carbocycles. The van der Waals surface area contributed by atoms with Crippen LogP contribution in [0.25, 0.3) is 0 Å². The lowest BCUT2D eigenvalue weighted by atomic mass is 10.2. The van der Waals surface area contributed by atoms with Crippen LogP contribution in [0.4, 0.5) is 0 Å². The molecule has 0 fully saturated rings. The highest BCUT2D eigenvalue weighted by Crippen LogP contribution is 2.17. The van der Waals surface area contributed by atoms with Gasteiger partial charge in [-0.05, 0) is 60.8 Å². The molecule has 19 heavy (non-hydrogen) atoms. The minimum Gasteiger partial charge on any atom is -0.350 e. The predicted octanol–water partition coefficient (Wildman–Crippen LogP) is 3.40. The number of carbonyl (C=O) groups is 1. The van der Waals surface area contributed by atoms with E-state index in [-0.39, 0.29) is 5.91 Å². The molecule has 0 aliphatic rings. The smallest absolute Gasteiger partial charge is 0.252 e. The molecule has 1 amide bonds. The van der Waals surface area contributed by atoms with Crippen molar-refractivity contribution in [1.29, 1.82) is 0 Å². The van der Waals surface area contributed by atoms with Gasteiger partial charge in [0.05, 0.1) is 5.56 Å². The average molecular weight is 395 g/mol. The number of nitrogens with zero attached hydrogens (tertiary/aromatic N) is 1. The van der Waals surface area contributed by atoms with E-state index in [0.29, 0.717) is 23.2 Å². The van der Waals surface area contributed by atoms with Gasteiger partial charge in [-0.25, -0.2) is 0 Å². The quantitative estimate of drug-likeness (QED) is 0.750. The van der Waals surface area contributed by atoms with Crippen molar-refractivity contribution in [3.8, 4) is 0 Å². The number of benzene rings is 1. The van der Waals surface area contributed by atoms with Gasteiger partial charge in [-0.3, -0.25) is 9.69 Å². The molecule has 1 unspecified atom stereocenters. The predicted molar refractivity (Wildman–Crippen MR) is 88.9 cm³/mol. The topological polar surface area (TPSA) is 32.3 Å². The normalized spacial score (nSPS) is 12.5. The van der Waals surface area contributed by atoms with Gasteiger partial charge in [-0.2, -0.15) is 0 Å². The van der Waals surface area contributed by atoms with Gasteiger partial charge in [-0.15, -0.1) is 0 Å². The number of hydrogen-bond donors (Lipinski definition) is 1. The molecule has 0 spiro atoms. The minimum atomic E-state index is -0.0416. The van der Waals surface area contributed by atoms with Crippen LogP contribution in [0.3, 0.4) is 0 Å². The molecular formula is C14H20ClIN2O. The Hall–Kier alpha value is -0.330. The van der Waals surface area contributed by atoms with Crippen molar-refractivity contribution >= 4 is 40.1 Å². The maximum absolute atomic E-state index is 12.1. The molecule has 1 N–H and O–H groups in total. The Bertz CT molecular complexity index is 435. The van der Waals surface area contributed by atoms with Crippen molar-refractivity contribution in [3.63, 3.8) is 0 Å². The van der Waals surface area contributed by atoms with Crippen LogP contribution >= 0.6 is 34.2 Å². The van der Waals surface area contributed by atoms with Crippen molar-refractivity contribution in [3.05, 3.63) is 32.4 Å². The van der Waals surface area contributed by atoms with Crippen molar-refractivity contribution in [1.82, 2.24) is 10.2 Å². The van der Waals surface area contributed by atoms with Gasteiger partial charge in [0.1, 0.15) is 0 Å². The van der Waals surface area contributed by atoms with Gasteiger partial charge in [0.15, 0.2) is 0 Å². The summed E-state index contributed by atoms with van der Waals surface area (Å²) in [6, 6.07) is 5.64. The molecule has 106 valence electrons. The lowest BCUT2D eigenvalue weighted by molar-refractivity contribution is 0.0937. The molecule has 3 nitrogen and oxygen atoms in total. The fraction of sp³-hybridized carbons (Fsp3) is 0.500. The van der Waals surface area contributed by atoms with E-state index in [4.69, 9.17) is 11.6 Å². The molecule has 1 aromatic carbocycles. The zero-order chi connectivity index (χ0) is 14.4. The number of likely N-dealkylation sites (N-methyl/N-ethyl adjacent to an activating group) is 1. The summed E-state index contributed by atoms with van der Waals surface area (Å²) in [6.07, 6.45) is 0. The summed E-state index contributed by atoms with van der Waals surface area (Å²) in [6.45, 7) is 9.02. The van der Waals surface area contributed by atoms with Crippen molar-refractivity contribution in [2.75, 3.05) is 19.6 Å². The Morgan fingerprint density at radius 3 is 2.58 bits per heavy atom. The monoisotopic (exact) mass is 394 g/mol. The molecule has 0 aliphatic carbocycles. The zero-order valence-corrected chi connectivity index (χ0v) is 14.5. The largest absolute Gasteiger partial charge is 0.350 e. The summed E-state index contributed by atoms with van der Waals surface area (Å²) in [5.74, 6) is -0.0416. The second-order valence-corrected chi connectivity index (χ2v) is 6.00. The minimum absolute atomic E-state index is 0.0416. The molecule has 0 radical (unpaired) electrons. The third-order valence-electron chi connectivity index (χ3n) is 3.17. The molecule has 0 saturated heterocycles. The third-order valence-corrected chi connectivity index (χ3v) is 4.30. The SMILES string of the molecule is CCN(CC)C(C)CNC(=O)c1ccc(Cl)cc1I. The van der Waals surface area contributed by atoms with Crippen molar-refractivity contribution in [2.45, 2.75) is 26.8 Å². The van der Waals surface area contributed by atoms with Gasteiger partial charge in [0.2, 0.25) is 0 Å². The Labute approximate surface area is 133 Å². The van der Waals surface area contributed by atoms with Crippen molar-refractivity contribution < 1.29 is 4.79 Å². The summed E-state index contributed by atoms with van der Waals surface area (Å²) >= 11 is 8.02. The molecule has 0 aromatic heterocycles. The molecule has 5 heteroatoms. The Balaban J connectivity index is 2.60. The van der Waals surface area contributed by atoms with Crippen LogP contribution < -0.4 is 5.32 Å². The lowest BCUT2D eigenvalue weighted by Gasteiger charge is -2.26. The number of amides is 1. The Morgan fingerprint density at radius 2 is 2.05 bits per heavy atom. The van der Waals surface area contributed by atoms with Crippen LogP contribution in [0, 0.1) is 3.57 Å². The number of hydrogen-bond acceptors (Lipinski definition) is 2. The molecule has 1 atom stereocenters. The highest BCUT2D eigenvalue weighted by Gasteiger charge is 2.14. The summed E-state index contributed by atoms with van der Waals surface area (Å²) < 4.78 is 0.873. The molecule has 0 heterocycles. The van der Waals surface area contributed by atoms with E-state index in [1.165, 1.54) is 0 Å². The van der Waals surface area contributed by atoms with E-state index >= 15 is 0 Å². The second-order valence-electron chi connectivity index (χ2n) is 4.40. The molecule has 0 aliphatic heterocycles. The third kappa shape index (κ3) is 4.93. The maximum atomic E-state index is 12.1. The molecule has 0 bridgehead atoms. The van der Waals surface area contributed by atoms with Gasteiger partial charge in [-0.1, -0.05) is 25.4 Å². The van der Waals surface area contributed by atoms with E-state index in [1.807, 2.05) is 0 Å². The van der Waals surface area contributed by atoms with Gasteiger partial charge >= 0.3 is 0 Å². The van der Waals surface area contributed by atoms with Gasteiger partial charge in [0, 0.05) is 21.2 Å². The second kappa shape index (κ2) is 8.07. The highest BCUT2D eigenvalue weighted by molar-refractivity contribution is 14.1. The lowest BCUT2D eigenvalue weighted by Crippen LogP contribution is -2.42. The van der Waals surface area contributed by atoms with Crippen LogP contribution in [0.2, 0.25) is 5.02 Å². The van der Waals surface area contributed by atoms with E-state index in [9.17, 15) is 4.79 Å². The molecular weight excluding hydrogens is 375 g/mol. The standard InChI is InChI=1S/C14H20ClIN2O/c1-4-18(5-2)10(3)9-17-14(19)12-7-6-11(15)8-13(12)16/h6-8,10H,4-5,9H2,1-3H3,(H,17,19). The van der Waals surface area contributed by atoms with Gasteiger partial charge < -0.3 is 5.32 Å². The summed E-state index contributed by atoms with van der Waals surface area (Å²) in [5, 5.41) is 3.63. The van der Waals surface area contributed by atoms with Crippen LogP contribution in [0.5, 0.6) is 0 Å². The first-order valence-corrected chi connectivity index (χ1v) is 7.92. The first-order valence-electron chi connectivity index (χ1n) is 6.46. The molecule has 1 aromatic rings. The van der Waals surface area contributed by atoms with Crippen LogP contribution in [0.15, 0.2) is 18.2 Å². The first-order chi connectivity index (χ1) is 8.99. The van der Waals surface area contributed by atoms with E-state index < -0.39 is 0 Å². The summed E-state index contributed by atoms with van der Waals surface area (Å²) in [4.78, 5) is 14.4. The summed E-state index contributed by atoms with van der Waals surface area (Å²) in [7, 11) is 0. The molecule has 1 rings (SSSR count).